The van der Waals surface area contributed by atoms with Crippen LogP contribution in [0.1, 0.15) is 13.8 Å². The Morgan fingerprint density at radius 3 is 2.30 bits per heavy atom. The van der Waals surface area contributed by atoms with E-state index in [0.717, 1.165) is 25.9 Å². The lowest BCUT2D eigenvalue weighted by atomic mass is 10.1. The second kappa shape index (κ2) is 6.84. The van der Waals surface area contributed by atoms with Gasteiger partial charge in [-0.25, -0.2) is 8.42 Å². The zero-order chi connectivity index (χ0) is 17.2. The predicted molar refractivity (Wildman–Crippen MR) is 89.7 cm³/mol. The third kappa shape index (κ3) is 4.20. The van der Waals surface area contributed by atoms with Gasteiger partial charge in [-0.1, -0.05) is 19.9 Å². The molecule has 0 N–H and O–H groups in total. The number of nitro benzene ring substituents is 1. The third-order valence-electron chi connectivity index (χ3n) is 3.90. The van der Waals surface area contributed by atoms with Crippen LogP contribution in [0.25, 0.3) is 0 Å². The molecule has 1 aromatic rings. The van der Waals surface area contributed by atoms with E-state index in [1.807, 2.05) is 4.90 Å². The summed E-state index contributed by atoms with van der Waals surface area (Å²) in [5.41, 5.74) is 0.0782. The Labute approximate surface area is 137 Å². The van der Waals surface area contributed by atoms with Crippen molar-refractivity contribution in [1.29, 1.82) is 0 Å². The smallest absolute Gasteiger partial charge is 0.311 e. The van der Waals surface area contributed by atoms with E-state index in [1.165, 1.54) is 6.07 Å². The number of anilines is 1. The molecule has 0 unspecified atom stereocenters. The molecular formula is C15H23N3O4S. The summed E-state index contributed by atoms with van der Waals surface area (Å²) in [6, 6.07) is 4.50. The van der Waals surface area contributed by atoms with Crippen molar-refractivity contribution >= 4 is 21.2 Å². The van der Waals surface area contributed by atoms with Crippen LogP contribution >= 0.6 is 0 Å². The molecule has 7 nitrogen and oxygen atoms in total. The van der Waals surface area contributed by atoms with E-state index in [4.69, 9.17) is 0 Å². The number of para-hydroxylation sites is 1. The number of nitrogens with zero attached hydrogens (tertiary/aromatic N) is 3. The van der Waals surface area contributed by atoms with Gasteiger partial charge in [0.2, 0.25) is 0 Å². The molecule has 1 saturated heterocycles. The zero-order valence-corrected chi connectivity index (χ0v) is 14.5. The fourth-order valence-electron chi connectivity index (χ4n) is 2.94. The number of sulfone groups is 1. The Balaban J connectivity index is 2.29. The van der Waals surface area contributed by atoms with Crippen LogP contribution in [0.15, 0.2) is 23.1 Å². The van der Waals surface area contributed by atoms with Crippen molar-refractivity contribution in [3.8, 4) is 0 Å². The Bertz CT molecular complexity index is 680. The van der Waals surface area contributed by atoms with Gasteiger partial charge in [0.05, 0.1) is 4.92 Å². The number of benzene rings is 1. The Morgan fingerprint density at radius 2 is 1.83 bits per heavy atom. The first kappa shape index (κ1) is 17.7. The van der Waals surface area contributed by atoms with E-state index >= 15 is 0 Å². The molecule has 23 heavy (non-hydrogen) atoms. The summed E-state index contributed by atoms with van der Waals surface area (Å²) >= 11 is 0. The first-order valence-corrected chi connectivity index (χ1v) is 9.54. The molecule has 2 rings (SSSR count). The van der Waals surface area contributed by atoms with Gasteiger partial charge in [0, 0.05) is 39.0 Å². The van der Waals surface area contributed by atoms with Crippen molar-refractivity contribution in [2.45, 2.75) is 18.7 Å². The molecule has 0 radical (unpaired) electrons. The molecule has 0 spiro atoms. The van der Waals surface area contributed by atoms with E-state index in [-0.39, 0.29) is 10.6 Å². The number of hydrogen-bond acceptors (Lipinski definition) is 6. The fraction of sp³-hybridized carbons (Fsp3) is 0.600. The third-order valence-corrected chi connectivity index (χ3v) is 5.02. The molecule has 0 amide bonds. The standard InChI is InChI=1S/C15H23N3O4S/c1-12(2)11-16-7-9-17(10-8-16)13-5-4-6-14(23(3,21)22)15(13)18(19)20/h4-6,12H,7-11H2,1-3H3. The van der Waals surface area contributed by atoms with Gasteiger partial charge < -0.3 is 4.90 Å². The second-order valence-corrected chi connectivity index (χ2v) is 8.32. The molecular weight excluding hydrogens is 318 g/mol. The highest BCUT2D eigenvalue weighted by molar-refractivity contribution is 7.90. The molecule has 1 fully saturated rings. The molecule has 128 valence electrons. The summed E-state index contributed by atoms with van der Waals surface area (Å²) < 4.78 is 23.7. The minimum atomic E-state index is -3.65. The highest BCUT2D eigenvalue weighted by atomic mass is 32.2. The van der Waals surface area contributed by atoms with Crippen molar-refractivity contribution < 1.29 is 13.3 Å². The maximum Gasteiger partial charge on any atom is 0.311 e. The van der Waals surface area contributed by atoms with Crippen molar-refractivity contribution in [2.75, 3.05) is 43.9 Å². The number of hydrogen-bond donors (Lipinski definition) is 0. The van der Waals surface area contributed by atoms with E-state index in [9.17, 15) is 18.5 Å². The van der Waals surface area contributed by atoms with Gasteiger partial charge in [0.1, 0.15) is 10.6 Å². The van der Waals surface area contributed by atoms with E-state index in [2.05, 4.69) is 18.7 Å². The molecule has 1 heterocycles. The summed E-state index contributed by atoms with van der Waals surface area (Å²) in [6.45, 7) is 8.26. The highest BCUT2D eigenvalue weighted by Gasteiger charge is 2.30. The lowest BCUT2D eigenvalue weighted by molar-refractivity contribution is -0.387. The Kier molecular flexibility index (Phi) is 5.26. The number of nitro groups is 1. The average Bonchev–Trinajstić information content (AvgIpc) is 2.45. The van der Waals surface area contributed by atoms with Gasteiger partial charge in [-0.3, -0.25) is 15.0 Å². The summed E-state index contributed by atoms with van der Waals surface area (Å²) in [7, 11) is -3.65. The van der Waals surface area contributed by atoms with Gasteiger partial charge in [0.25, 0.3) is 0 Å². The molecule has 1 aromatic carbocycles. The maximum atomic E-state index is 11.8. The van der Waals surface area contributed by atoms with Crippen molar-refractivity contribution in [1.82, 2.24) is 4.90 Å². The van der Waals surface area contributed by atoms with Crippen molar-refractivity contribution in [2.24, 2.45) is 5.92 Å². The van der Waals surface area contributed by atoms with Gasteiger partial charge in [-0.05, 0) is 18.1 Å². The minimum Gasteiger partial charge on any atom is -0.363 e. The average molecular weight is 341 g/mol. The largest absolute Gasteiger partial charge is 0.363 e. The minimum absolute atomic E-state index is 0.218. The van der Waals surface area contributed by atoms with Gasteiger partial charge in [0.15, 0.2) is 9.84 Å². The lowest BCUT2D eigenvalue weighted by Crippen LogP contribution is -2.47. The maximum absolute atomic E-state index is 11.8. The predicted octanol–water partition coefficient (Wildman–Crippen LogP) is 1.78. The van der Waals surface area contributed by atoms with Crippen LogP contribution in [0.4, 0.5) is 11.4 Å². The van der Waals surface area contributed by atoms with Crippen molar-refractivity contribution in [3.63, 3.8) is 0 Å². The quantitative estimate of drug-likeness (QED) is 0.599. The fourth-order valence-corrected chi connectivity index (χ4v) is 3.79. The normalized spacial score (nSPS) is 16.8. The van der Waals surface area contributed by atoms with Crippen LogP contribution in [0.3, 0.4) is 0 Å². The Hall–Kier alpha value is -1.67. The second-order valence-electron chi connectivity index (χ2n) is 6.33. The Morgan fingerprint density at radius 1 is 1.22 bits per heavy atom. The first-order chi connectivity index (χ1) is 10.7. The molecule has 0 aromatic heterocycles. The molecule has 1 aliphatic rings. The van der Waals surface area contributed by atoms with Crippen LogP contribution in [-0.4, -0.2) is 57.2 Å². The highest BCUT2D eigenvalue weighted by Crippen LogP contribution is 2.35. The topological polar surface area (TPSA) is 83.8 Å². The monoisotopic (exact) mass is 341 g/mol. The van der Waals surface area contributed by atoms with E-state index < -0.39 is 14.8 Å². The summed E-state index contributed by atoms with van der Waals surface area (Å²) in [5.74, 6) is 0.574. The molecule has 0 bridgehead atoms. The van der Waals surface area contributed by atoms with Gasteiger partial charge >= 0.3 is 5.69 Å². The van der Waals surface area contributed by atoms with E-state index in [1.54, 1.807) is 12.1 Å². The summed E-state index contributed by atoms with van der Waals surface area (Å²) in [4.78, 5) is 14.9. The molecule has 0 saturated carbocycles. The number of piperazine rings is 1. The SMILES string of the molecule is CC(C)CN1CCN(c2cccc(S(C)(=O)=O)c2[N+](=O)[O-])CC1. The van der Waals surface area contributed by atoms with Crippen LogP contribution < -0.4 is 4.90 Å². The molecule has 1 aliphatic heterocycles. The first-order valence-electron chi connectivity index (χ1n) is 7.65. The lowest BCUT2D eigenvalue weighted by Gasteiger charge is -2.36. The van der Waals surface area contributed by atoms with Crippen LogP contribution in [0, 0.1) is 16.0 Å². The van der Waals surface area contributed by atoms with Crippen molar-refractivity contribution in [3.05, 3.63) is 28.3 Å². The summed E-state index contributed by atoms with van der Waals surface area (Å²) in [5, 5.41) is 11.4. The summed E-state index contributed by atoms with van der Waals surface area (Å²) in [6.07, 6.45) is 1.000. The molecule has 0 atom stereocenters. The van der Waals surface area contributed by atoms with E-state index in [0.29, 0.717) is 24.7 Å². The van der Waals surface area contributed by atoms with Gasteiger partial charge in [-0.15, -0.1) is 0 Å². The number of rotatable bonds is 5. The van der Waals surface area contributed by atoms with Crippen LogP contribution in [0.5, 0.6) is 0 Å². The van der Waals surface area contributed by atoms with Gasteiger partial charge in [-0.2, -0.15) is 0 Å². The molecule has 8 heteroatoms. The molecule has 0 aliphatic carbocycles. The van der Waals surface area contributed by atoms with Crippen LogP contribution in [0.2, 0.25) is 0 Å². The zero-order valence-electron chi connectivity index (χ0n) is 13.7. The van der Waals surface area contributed by atoms with Crippen LogP contribution in [-0.2, 0) is 9.84 Å².